The van der Waals surface area contributed by atoms with Gasteiger partial charge in [0.25, 0.3) is 0 Å². The Hall–Kier alpha value is -1.74. The standard InChI is InChI=1S/C17H20ClN3/c1-13-2-3-14(18)12-17(13)20-15-6-10-21(11-7-15)16-4-8-19-9-5-16/h2-5,8-9,12,15,20H,6-7,10-11H2,1H3. The lowest BCUT2D eigenvalue weighted by Gasteiger charge is -2.34. The van der Waals surface area contributed by atoms with E-state index in [-0.39, 0.29) is 0 Å². The summed E-state index contributed by atoms with van der Waals surface area (Å²) < 4.78 is 0. The van der Waals surface area contributed by atoms with E-state index < -0.39 is 0 Å². The number of halogens is 1. The van der Waals surface area contributed by atoms with Gasteiger partial charge in [0, 0.05) is 47.9 Å². The van der Waals surface area contributed by atoms with Crippen molar-refractivity contribution in [3.63, 3.8) is 0 Å². The van der Waals surface area contributed by atoms with Crippen LogP contribution in [0.3, 0.4) is 0 Å². The summed E-state index contributed by atoms with van der Waals surface area (Å²) in [5.74, 6) is 0. The minimum atomic E-state index is 0.514. The molecular formula is C17H20ClN3. The third-order valence-electron chi connectivity index (χ3n) is 4.08. The molecule has 1 aliphatic heterocycles. The van der Waals surface area contributed by atoms with Gasteiger partial charge >= 0.3 is 0 Å². The molecular weight excluding hydrogens is 282 g/mol. The topological polar surface area (TPSA) is 28.2 Å². The quantitative estimate of drug-likeness (QED) is 0.924. The minimum absolute atomic E-state index is 0.514. The van der Waals surface area contributed by atoms with Crippen molar-refractivity contribution in [1.82, 2.24) is 4.98 Å². The summed E-state index contributed by atoms with van der Waals surface area (Å²) >= 11 is 6.08. The van der Waals surface area contributed by atoms with Gasteiger partial charge in [0.2, 0.25) is 0 Å². The van der Waals surface area contributed by atoms with E-state index in [0.29, 0.717) is 6.04 Å². The van der Waals surface area contributed by atoms with E-state index in [9.17, 15) is 0 Å². The Morgan fingerprint density at radius 1 is 1.14 bits per heavy atom. The summed E-state index contributed by atoms with van der Waals surface area (Å²) in [5, 5.41) is 4.43. The molecule has 3 nitrogen and oxygen atoms in total. The van der Waals surface area contributed by atoms with E-state index in [4.69, 9.17) is 11.6 Å². The molecule has 1 aliphatic rings. The molecule has 2 aromatic rings. The molecule has 21 heavy (non-hydrogen) atoms. The monoisotopic (exact) mass is 301 g/mol. The second kappa shape index (κ2) is 6.35. The number of aromatic nitrogens is 1. The van der Waals surface area contributed by atoms with Crippen LogP contribution in [0.5, 0.6) is 0 Å². The Bertz CT molecular complexity index is 592. The highest BCUT2D eigenvalue weighted by molar-refractivity contribution is 6.30. The molecule has 1 aromatic carbocycles. The normalized spacial score (nSPS) is 16.0. The summed E-state index contributed by atoms with van der Waals surface area (Å²) in [6, 6.07) is 10.7. The van der Waals surface area contributed by atoms with Crippen LogP contribution >= 0.6 is 11.6 Å². The van der Waals surface area contributed by atoms with Crippen molar-refractivity contribution >= 4 is 23.0 Å². The predicted molar refractivity (Wildman–Crippen MR) is 89.3 cm³/mol. The maximum Gasteiger partial charge on any atom is 0.0426 e. The predicted octanol–water partition coefficient (Wildman–Crippen LogP) is 4.12. The molecule has 2 heterocycles. The zero-order valence-electron chi connectivity index (χ0n) is 12.2. The van der Waals surface area contributed by atoms with Gasteiger partial charge in [-0.15, -0.1) is 0 Å². The molecule has 110 valence electrons. The van der Waals surface area contributed by atoms with Gasteiger partial charge in [0.05, 0.1) is 0 Å². The van der Waals surface area contributed by atoms with E-state index in [2.05, 4.69) is 40.3 Å². The van der Waals surface area contributed by atoms with Crippen LogP contribution in [0.1, 0.15) is 18.4 Å². The average molecular weight is 302 g/mol. The molecule has 0 spiro atoms. The Labute approximate surface area is 131 Å². The van der Waals surface area contributed by atoms with Crippen LogP contribution in [-0.2, 0) is 0 Å². The molecule has 1 aromatic heterocycles. The molecule has 3 rings (SSSR count). The summed E-state index contributed by atoms with van der Waals surface area (Å²) in [7, 11) is 0. The molecule has 4 heteroatoms. The van der Waals surface area contributed by atoms with Crippen LogP contribution in [0.25, 0.3) is 0 Å². The third-order valence-corrected chi connectivity index (χ3v) is 4.32. The van der Waals surface area contributed by atoms with E-state index in [0.717, 1.165) is 36.6 Å². The van der Waals surface area contributed by atoms with Gasteiger partial charge in [0.15, 0.2) is 0 Å². The molecule has 0 aliphatic carbocycles. The SMILES string of the molecule is Cc1ccc(Cl)cc1NC1CCN(c2ccncc2)CC1. The fourth-order valence-corrected chi connectivity index (χ4v) is 2.98. The Morgan fingerprint density at radius 3 is 2.57 bits per heavy atom. The highest BCUT2D eigenvalue weighted by atomic mass is 35.5. The van der Waals surface area contributed by atoms with E-state index >= 15 is 0 Å². The lowest BCUT2D eigenvalue weighted by Crippen LogP contribution is -2.39. The molecule has 0 radical (unpaired) electrons. The first kappa shape index (κ1) is 14.2. The Kier molecular flexibility index (Phi) is 4.30. The van der Waals surface area contributed by atoms with Crippen molar-refractivity contribution in [2.24, 2.45) is 0 Å². The van der Waals surface area contributed by atoms with Crippen molar-refractivity contribution in [1.29, 1.82) is 0 Å². The largest absolute Gasteiger partial charge is 0.382 e. The summed E-state index contributed by atoms with van der Waals surface area (Å²) in [5.41, 5.74) is 3.67. The highest BCUT2D eigenvalue weighted by Crippen LogP contribution is 2.25. The molecule has 1 saturated heterocycles. The second-order valence-electron chi connectivity index (χ2n) is 5.57. The number of pyridine rings is 1. The molecule has 0 bridgehead atoms. The van der Waals surface area contributed by atoms with Gasteiger partial charge in [-0.05, 0) is 49.6 Å². The second-order valence-corrected chi connectivity index (χ2v) is 6.01. The van der Waals surface area contributed by atoms with Crippen molar-refractivity contribution in [2.45, 2.75) is 25.8 Å². The zero-order chi connectivity index (χ0) is 14.7. The minimum Gasteiger partial charge on any atom is -0.382 e. The van der Waals surface area contributed by atoms with Crippen LogP contribution in [0.15, 0.2) is 42.7 Å². The summed E-state index contributed by atoms with van der Waals surface area (Å²) in [6.07, 6.45) is 5.98. The summed E-state index contributed by atoms with van der Waals surface area (Å²) in [4.78, 5) is 6.50. The fourth-order valence-electron chi connectivity index (χ4n) is 2.81. The first-order valence-electron chi connectivity index (χ1n) is 7.40. The van der Waals surface area contributed by atoms with E-state index in [1.165, 1.54) is 11.3 Å². The maximum atomic E-state index is 6.08. The number of aryl methyl sites for hydroxylation is 1. The molecule has 1 fully saturated rings. The Morgan fingerprint density at radius 2 is 1.86 bits per heavy atom. The van der Waals surface area contributed by atoms with Crippen molar-refractivity contribution < 1.29 is 0 Å². The van der Waals surface area contributed by atoms with Gasteiger partial charge < -0.3 is 10.2 Å². The number of nitrogens with one attached hydrogen (secondary N) is 1. The van der Waals surface area contributed by atoms with Crippen LogP contribution < -0.4 is 10.2 Å². The van der Waals surface area contributed by atoms with Crippen LogP contribution in [-0.4, -0.2) is 24.1 Å². The molecule has 0 unspecified atom stereocenters. The molecule has 0 amide bonds. The first-order valence-corrected chi connectivity index (χ1v) is 7.78. The molecule has 0 saturated carbocycles. The van der Waals surface area contributed by atoms with E-state index in [1.807, 2.05) is 24.5 Å². The van der Waals surface area contributed by atoms with Crippen LogP contribution in [0.2, 0.25) is 5.02 Å². The smallest absolute Gasteiger partial charge is 0.0426 e. The number of rotatable bonds is 3. The lowest BCUT2D eigenvalue weighted by molar-refractivity contribution is 0.526. The maximum absolute atomic E-state index is 6.08. The molecule has 1 N–H and O–H groups in total. The highest BCUT2D eigenvalue weighted by Gasteiger charge is 2.19. The first-order chi connectivity index (χ1) is 10.2. The number of hydrogen-bond donors (Lipinski definition) is 1. The van der Waals surface area contributed by atoms with Gasteiger partial charge in [-0.2, -0.15) is 0 Å². The average Bonchev–Trinajstić information content (AvgIpc) is 2.53. The van der Waals surface area contributed by atoms with Crippen LogP contribution in [0, 0.1) is 6.92 Å². The molecule has 0 atom stereocenters. The van der Waals surface area contributed by atoms with Crippen molar-refractivity contribution in [3.05, 3.63) is 53.3 Å². The number of anilines is 2. The van der Waals surface area contributed by atoms with Gasteiger partial charge in [-0.25, -0.2) is 0 Å². The van der Waals surface area contributed by atoms with Gasteiger partial charge in [-0.1, -0.05) is 17.7 Å². The Balaban J connectivity index is 1.60. The summed E-state index contributed by atoms with van der Waals surface area (Å²) in [6.45, 7) is 4.26. The van der Waals surface area contributed by atoms with Crippen LogP contribution in [0.4, 0.5) is 11.4 Å². The third kappa shape index (κ3) is 3.48. The van der Waals surface area contributed by atoms with E-state index in [1.54, 1.807) is 0 Å². The number of nitrogens with zero attached hydrogens (tertiary/aromatic N) is 2. The number of hydrogen-bond acceptors (Lipinski definition) is 3. The zero-order valence-corrected chi connectivity index (χ0v) is 13.0. The van der Waals surface area contributed by atoms with Gasteiger partial charge in [0.1, 0.15) is 0 Å². The van der Waals surface area contributed by atoms with Gasteiger partial charge in [-0.3, -0.25) is 4.98 Å². The number of benzene rings is 1. The van der Waals surface area contributed by atoms with Crippen molar-refractivity contribution in [3.8, 4) is 0 Å². The number of piperidine rings is 1. The lowest BCUT2D eigenvalue weighted by atomic mass is 10.0. The van der Waals surface area contributed by atoms with Crippen molar-refractivity contribution in [2.75, 3.05) is 23.3 Å². The fraction of sp³-hybridized carbons (Fsp3) is 0.353.